The van der Waals surface area contributed by atoms with E-state index in [1.807, 2.05) is 72.8 Å². The van der Waals surface area contributed by atoms with Crippen LogP contribution in [-0.2, 0) is 12.4 Å². The van der Waals surface area contributed by atoms with Crippen LogP contribution >= 0.6 is 34.8 Å². The highest BCUT2D eigenvalue weighted by atomic mass is 35.5. The fourth-order valence-electron chi connectivity index (χ4n) is 5.00. The number of aromatic nitrogens is 8. The molecule has 8 rings (SSSR count). The van der Waals surface area contributed by atoms with Crippen LogP contribution in [0, 0.1) is 0 Å². The molecular formula is C34H29Cl3N14. The molecular weight excluding hydrogens is 711 g/mol. The van der Waals surface area contributed by atoms with E-state index in [-0.39, 0.29) is 29.4 Å². The summed E-state index contributed by atoms with van der Waals surface area (Å²) in [6.07, 6.45) is 3.17. The quantitative estimate of drug-likeness (QED) is 0.0845. The Morgan fingerprint density at radius 2 is 1.02 bits per heavy atom. The van der Waals surface area contributed by atoms with E-state index in [1.165, 1.54) is 6.20 Å². The Balaban J connectivity index is 0.000000145. The minimum atomic E-state index is 0.0813. The lowest BCUT2D eigenvalue weighted by Crippen LogP contribution is -2.07. The molecule has 0 radical (unpaired) electrons. The van der Waals surface area contributed by atoms with E-state index in [9.17, 15) is 0 Å². The standard InChI is InChI=1S/C17H14ClN7.C10H8ClN.C7H7ClN6/c18-12-5-6-13(11-4-2-1-3-10(11)12)21-7-9-8-22-16-14(23-9)15(19)24-17(20)25-16;11-9-5-6-10(12)8-4-2-1-3-7(8)9;8-1-3-2-11-6-4(12-3)5(9)13-7(10)14-6/h1-6,8,21H,7H2,(H4,19,20,22,24,25);1-6H,12H2;2H,1H2,(H4,9,10,11,13,14). The van der Waals surface area contributed by atoms with E-state index in [4.69, 9.17) is 63.5 Å². The Morgan fingerprint density at radius 1 is 0.529 bits per heavy atom. The van der Waals surface area contributed by atoms with E-state index >= 15 is 0 Å². The average molecular weight is 740 g/mol. The van der Waals surface area contributed by atoms with Crippen molar-refractivity contribution in [3.8, 4) is 0 Å². The first-order valence-corrected chi connectivity index (χ1v) is 16.4. The predicted molar refractivity (Wildman–Crippen MR) is 207 cm³/mol. The van der Waals surface area contributed by atoms with Gasteiger partial charge in [0, 0.05) is 43.0 Å². The number of fused-ring (bicyclic) bond motifs is 4. The predicted octanol–water partition coefficient (Wildman–Crippen LogP) is 6.40. The molecule has 0 saturated heterocycles. The molecule has 8 aromatic rings. The number of hydrogen-bond acceptors (Lipinski definition) is 14. The maximum Gasteiger partial charge on any atom is 0.224 e. The minimum absolute atomic E-state index is 0.0813. The van der Waals surface area contributed by atoms with Gasteiger partial charge >= 0.3 is 0 Å². The number of halogens is 3. The zero-order chi connectivity index (χ0) is 36.1. The topological polar surface area (TPSA) is 245 Å². The Morgan fingerprint density at radius 3 is 1.59 bits per heavy atom. The van der Waals surface area contributed by atoms with Gasteiger partial charge in [-0.05, 0) is 24.3 Å². The van der Waals surface area contributed by atoms with Gasteiger partial charge in [-0.25, -0.2) is 19.9 Å². The molecule has 14 nitrogen and oxygen atoms in total. The van der Waals surface area contributed by atoms with Crippen molar-refractivity contribution < 1.29 is 0 Å². The fourth-order valence-corrected chi connectivity index (χ4v) is 5.59. The van der Waals surface area contributed by atoms with Crippen molar-refractivity contribution >= 4 is 114 Å². The first-order valence-electron chi connectivity index (χ1n) is 15.1. The molecule has 0 atom stereocenters. The zero-order valence-electron chi connectivity index (χ0n) is 26.6. The van der Waals surface area contributed by atoms with Gasteiger partial charge in [-0.15, -0.1) is 11.6 Å². The number of anilines is 6. The summed E-state index contributed by atoms with van der Waals surface area (Å²) in [4.78, 5) is 32.5. The lowest BCUT2D eigenvalue weighted by atomic mass is 10.1. The Hall–Kier alpha value is -6.09. The highest BCUT2D eigenvalue weighted by Crippen LogP contribution is 2.30. The van der Waals surface area contributed by atoms with Crippen LogP contribution in [-0.4, -0.2) is 39.9 Å². The number of nitrogens with two attached hydrogens (primary N) is 5. The van der Waals surface area contributed by atoms with Crippen molar-refractivity contribution in [2.75, 3.05) is 34.0 Å². The molecule has 0 aliphatic heterocycles. The molecule has 17 heteroatoms. The first-order chi connectivity index (χ1) is 24.6. The third-order valence-electron chi connectivity index (χ3n) is 7.37. The van der Waals surface area contributed by atoms with E-state index < -0.39 is 0 Å². The van der Waals surface area contributed by atoms with Crippen LogP contribution in [0.25, 0.3) is 43.9 Å². The van der Waals surface area contributed by atoms with Crippen LogP contribution in [0.5, 0.6) is 0 Å². The van der Waals surface area contributed by atoms with Gasteiger partial charge in [0.2, 0.25) is 11.9 Å². The van der Waals surface area contributed by atoms with Gasteiger partial charge in [0.25, 0.3) is 0 Å². The summed E-state index contributed by atoms with van der Waals surface area (Å²) in [5.74, 6) is 0.869. The number of hydrogen-bond donors (Lipinski definition) is 6. The average Bonchev–Trinajstić information content (AvgIpc) is 3.13. The Bertz CT molecular complexity index is 2490. The normalized spacial score (nSPS) is 10.8. The SMILES string of the molecule is Nc1ccc(Cl)c2ccccc12.Nc1nc(N)c2nc(CCl)cnc2n1.Nc1nc(N)c2nc(CNc3ccc(Cl)c4ccccc34)cnc2n1. The smallest absolute Gasteiger partial charge is 0.224 e. The van der Waals surface area contributed by atoms with Crippen molar-refractivity contribution in [2.45, 2.75) is 12.4 Å². The van der Waals surface area contributed by atoms with Crippen molar-refractivity contribution in [3.63, 3.8) is 0 Å². The van der Waals surface area contributed by atoms with Crippen LogP contribution in [0.4, 0.5) is 34.9 Å². The zero-order valence-corrected chi connectivity index (χ0v) is 28.9. The lowest BCUT2D eigenvalue weighted by molar-refractivity contribution is 1.03. The third kappa shape index (κ3) is 7.88. The van der Waals surface area contributed by atoms with Gasteiger partial charge in [0.15, 0.2) is 34.0 Å². The van der Waals surface area contributed by atoms with Crippen LogP contribution < -0.4 is 34.0 Å². The Labute approximate surface area is 305 Å². The highest BCUT2D eigenvalue weighted by Gasteiger charge is 2.10. The monoisotopic (exact) mass is 738 g/mol. The second kappa shape index (κ2) is 15.2. The molecule has 0 saturated carbocycles. The van der Waals surface area contributed by atoms with Gasteiger partial charge in [-0.1, -0.05) is 71.7 Å². The lowest BCUT2D eigenvalue weighted by Gasteiger charge is -2.11. The minimum Gasteiger partial charge on any atom is -0.398 e. The van der Waals surface area contributed by atoms with Crippen molar-refractivity contribution in [1.82, 2.24) is 39.9 Å². The van der Waals surface area contributed by atoms with Crippen LogP contribution in [0.1, 0.15) is 11.4 Å². The fraction of sp³-hybridized carbons (Fsp3) is 0.0588. The maximum absolute atomic E-state index is 6.25. The van der Waals surface area contributed by atoms with Crippen molar-refractivity contribution in [2.24, 2.45) is 0 Å². The van der Waals surface area contributed by atoms with Gasteiger partial charge in [-0.3, -0.25) is 0 Å². The van der Waals surface area contributed by atoms with E-state index in [0.29, 0.717) is 45.3 Å². The summed E-state index contributed by atoms with van der Waals surface area (Å²) in [6.45, 7) is 0.471. The summed E-state index contributed by atoms with van der Waals surface area (Å²) in [7, 11) is 0. The first kappa shape index (κ1) is 34.8. The van der Waals surface area contributed by atoms with Gasteiger partial charge in [-0.2, -0.15) is 19.9 Å². The molecule has 51 heavy (non-hydrogen) atoms. The molecule has 256 valence electrons. The molecule has 0 bridgehead atoms. The summed E-state index contributed by atoms with van der Waals surface area (Å²) in [5, 5.41) is 8.89. The number of rotatable bonds is 4. The Kier molecular flexibility index (Phi) is 10.4. The van der Waals surface area contributed by atoms with Gasteiger partial charge in [0.1, 0.15) is 0 Å². The van der Waals surface area contributed by atoms with Crippen molar-refractivity contribution in [3.05, 3.63) is 107 Å². The molecule has 0 fully saturated rings. The third-order valence-corrected chi connectivity index (χ3v) is 8.31. The molecule has 4 heterocycles. The molecule has 11 N–H and O–H groups in total. The molecule has 0 amide bonds. The largest absolute Gasteiger partial charge is 0.398 e. The number of nitrogens with zero attached hydrogens (tertiary/aromatic N) is 8. The highest BCUT2D eigenvalue weighted by molar-refractivity contribution is 6.36. The summed E-state index contributed by atoms with van der Waals surface area (Å²) in [5.41, 5.74) is 32.9. The number of nitrogen functional groups attached to an aromatic ring is 5. The van der Waals surface area contributed by atoms with Crippen LogP contribution in [0.15, 0.2) is 85.2 Å². The summed E-state index contributed by atoms with van der Waals surface area (Å²) < 4.78 is 0. The second-order valence-electron chi connectivity index (χ2n) is 10.8. The second-order valence-corrected chi connectivity index (χ2v) is 11.9. The van der Waals surface area contributed by atoms with Gasteiger partial charge < -0.3 is 34.0 Å². The number of alkyl halides is 1. The number of benzene rings is 4. The molecule has 0 unspecified atom stereocenters. The molecule has 0 aliphatic carbocycles. The maximum atomic E-state index is 6.25. The molecule has 4 aromatic carbocycles. The van der Waals surface area contributed by atoms with E-state index in [0.717, 1.165) is 37.9 Å². The van der Waals surface area contributed by atoms with E-state index in [1.54, 1.807) is 6.20 Å². The summed E-state index contributed by atoms with van der Waals surface area (Å²) >= 11 is 17.8. The van der Waals surface area contributed by atoms with Gasteiger partial charge in [0.05, 0.1) is 36.2 Å². The number of nitrogens with one attached hydrogen (secondary N) is 1. The van der Waals surface area contributed by atoms with Crippen LogP contribution in [0.3, 0.4) is 0 Å². The molecule has 4 aromatic heterocycles. The molecule has 0 aliphatic rings. The van der Waals surface area contributed by atoms with E-state index in [2.05, 4.69) is 45.2 Å². The van der Waals surface area contributed by atoms with Crippen molar-refractivity contribution in [1.29, 1.82) is 0 Å². The molecule has 0 spiro atoms. The van der Waals surface area contributed by atoms with Crippen LogP contribution in [0.2, 0.25) is 10.0 Å². The summed E-state index contributed by atoms with van der Waals surface area (Å²) in [6, 6.07) is 23.2.